The molecule has 2 aliphatic rings. The molecule has 2 fully saturated rings. The van der Waals surface area contributed by atoms with Crippen LogP contribution in [0.4, 0.5) is 18.0 Å². The summed E-state index contributed by atoms with van der Waals surface area (Å²) in [6.45, 7) is 7.97. The number of benzene rings is 1. The van der Waals surface area contributed by atoms with Gasteiger partial charge in [0.25, 0.3) is 0 Å². The van der Waals surface area contributed by atoms with Gasteiger partial charge in [0, 0.05) is 31.7 Å². The van der Waals surface area contributed by atoms with Crippen molar-refractivity contribution in [2.45, 2.75) is 90.1 Å². The van der Waals surface area contributed by atoms with Gasteiger partial charge in [-0.25, -0.2) is 4.79 Å². The molecule has 0 aromatic heterocycles. The maximum absolute atomic E-state index is 13.9. The van der Waals surface area contributed by atoms with Crippen molar-refractivity contribution in [2.75, 3.05) is 26.2 Å². The van der Waals surface area contributed by atoms with E-state index in [1.807, 2.05) is 6.07 Å². The number of alkyl halides is 3. The minimum absolute atomic E-state index is 0.0195. The number of rotatable bonds is 6. The van der Waals surface area contributed by atoms with Crippen LogP contribution in [0.15, 0.2) is 18.2 Å². The first kappa shape index (κ1) is 27.4. The van der Waals surface area contributed by atoms with E-state index in [0.29, 0.717) is 17.7 Å². The molecule has 1 atom stereocenters. The van der Waals surface area contributed by atoms with Gasteiger partial charge in [-0.1, -0.05) is 6.07 Å². The number of nitrogens with zero attached hydrogens (tertiary/aromatic N) is 2. The summed E-state index contributed by atoms with van der Waals surface area (Å²) in [6, 6.07) is 3.70. The molecule has 0 unspecified atom stereocenters. The van der Waals surface area contributed by atoms with E-state index in [-0.39, 0.29) is 50.4 Å². The lowest BCUT2D eigenvalue weighted by Crippen LogP contribution is -2.56. The predicted octanol–water partition coefficient (Wildman–Crippen LogP) is 5.90. The SMILES string of the molecule is Cc1c(O)cccc1OC1CCC(CC[C@H](N2CCN(C(=O)OC(C)(C)C)CC2)C(F)(F)F)CC1. The van der Waals surface area contributed by atoms with Gasteiger partial charge in [-0.15, -0.1) is 0 Å². The van der Waals surface area contributed by atoms with Gasteiger partial charge in [0.15, 0.2) is 0 Å². The average molecular weight is 501 g/mol. The monoisotopic (exact) mass is 500 g/mol. The zero-order chi connectivity index (χ0) is 25.8. The molecule has 9 heteroatoms. The molecule has 35 heavy (non-hydrogen) atoms. The zero-order valence-electron chi connectivity index (χ0n) is 21.2. The van der Waals surface area contributed by atoms with E-state index < -0.39 is 23.9 Å². The van der Waals surface area contributed by atoms with Gasteiger partial charge < -0.3 is 19.5 Å². The van der Waals surface area contributed by atoms with Gasteiger partial charge in [0.2, 0.25) is 0 Å². The van der Waals surface area contributed by atoms with Gasteiger partial charge >= 0.3 is 12.3 Å². The molecular formula is C26H39F3N2O4. The number of phenolic OH excluding ortho intramolecular Hbond substituents is 1. The number of carbonyl (C=O) groups is 1. The molecule has 1 saturated heterocycles. The van der Waals surface area contributed by atoms with Crippen LogP contribution in [0.25, 0.3) is 0 Å². The van der Waals surface area contributed by atoms with Gasteiger partial charge in [0.1, 0.15) is 23.1 Å². The van der Waals surface area contributed by atoms with Crippen molar-refractivity contribution in [3.63, 3.8) is 0 Å². The summed E-state index contributed by atoms with van der Waals surface area (Å²) in [4.78, 5) is 15.2. The van der Waals surface area contributed by atoms with E-state index in [0.717, 1.165) is 25.7 Å². The third kappa shape index (κ3) is 7.92. The summed E-state index contributed by atoms with van der Waals surface area (Å²) in [5.41, 5.74) is 0.0727. The summed E-state index contributed by atoms with van der Waals surface area (Å²) in [6.07, 6.45) is -0.908. The molecule has 1 aliphatic heterocycles. The zero-order valence-corrected chi connectivity index (χ0v) is 21.2. The largest absolute Gasteiger partial charge is 0.508 e. The van der Waals surface area contributed by atoms with Gasteiger partial charge in [-0.2, -0.15) is 13.2 Å². The van der Waals surface area contributed by atoms with Crippen molar-refractivity contribution in [3.8, 4) is 11.5 Å². The minimum Gasteiger partial charge on any atom is -0.508 e. The number of aromatic hydroxyl groups is 1. The summed E-state index contributed by atoms with van der Waals surface area (Å²) >= 11 is 0. The van der Waals surface area contributed by atoms with Gasteiger partial charge in [0.05, 0.1) is 6.10 Å². The van der Waals surface area contributed by atoms with Crippen LogP contribution in [-0.4, -0.2) is 71.1 Å². The van der Waals surface area contributed by atoms with E-state index in [9.17, 15) is 23.1 Å². The number of hydrogen-bond acceptors (Lipinski definition) is 5. The molecule has 3 rings (SSSR count). The summed E-state index contributed by atoms with van der Waals surface area (Å²) < 4.78 is 53.2. The first-order chi connectivity index (χ1) is 16.3. The first-order valence-electron chi connectivity index (χ1n) is 12.6. The standard InChI is InChI=1S/C26H39F3N2O4/c1-18-21(32)6-5-7-22(18)34-20-11-8-19(9-12-20)10-13-23(26(27,28)29)30-14-16-31(17-15-30)24(33)35-25(2,3)4/h5-7,19-20,23,32H,8-17H2,1-4H3/t19?,20?,23-/m0/s1. The van der Waals surface area contributed by atoms with Crippen LogP contribution in [0, 0.1) is 12.8 Å². The second-order valence-corrected chi connectivity index (χ2v) is 10.8. The molecule has 0 spiro atoms. The number of ether oxygens (including phenoxy) is 2. The van der Waals surface area contributed by atoms with E-state index in [4.69, 9.17) is 9.47 Å². The number of amides is 1. The predicted molar refractivity (Wildman–Crippen MR) is 128 cm³/mol. The number of phenols is 1. The van der Waals surface area contributed by atoms with E-state index in [2.05, 4.69) is 0 Å². The highest BCUT2D eigenvalue weighted by Crippen LogP contribution is 2.36. The molecule has 1 amide bonds. The Bertz CT molecular complexity index is 840. The van der Waals surface area contributed by atoms with Crippen molar-refractivity contribution in [3.05, 3.63) is 23.8 Å². The van der Waals surface area contributed by atoms with Crippen molar-refractivity contribution >= 4 is 6.09 Å². The third-order valence-corrected chi connectivity index (χ3v) is 6.98. The minimum atomic E-state index is -4.30. The molecule has 0 bridgehead atoms. The summed E-state index contributed by atoms with van der Waals surface area (Å²) in [5.74, 6) is 1.10. The quantitative estimate of drug-likeness (QED) is 0.527. The maximum Gasteiger partial charge on any atom is 0.410 e. The van der Waals surface area contributed by atoms with E-state index in [1.54, 1.807) is 39.8 Å². The second kappa shape index (κ2) is 11.3. The molecule has 1 aromatic rings. The van der Waals surface area contributed by atoms with Crippen LogP contribution in [0.5, 0.6) is 11.5 Å². The number of hydrogen-bond donors (Lipinski definition) is 1. The van der Waals surface area contributed by atoms with Gasteiger partial charge in [-0.3, -0.25) is 4.90 Å². The molecule has 1 saturated carbocycles. The highest BCUT2D eigenvalue weighted by atomic mass is 19.4. The lowest BCUT2D eigenvalue weighted by Gasteiger charge is -2.40. The molecule has 198 valence electrons. The lowest BCUT2D eigenvalue weighted by atomic mass is 9.83. The fraction of sp³-hybridized carbons (Fsp3) is 0.731. The fourth-order valence-electron chi connectivity index (χ4n) is 4.94. The molecule has 1 N–H and O–H groups in total. The fourth-order valence-corrected chi connectivity index (χ4v) is 4.94. The average Bonchev–Trinajstić information content (AvgIpc) is 2.76. The molecule has 1 aliphatic carbocycles. The smallest absolute Gasteiger partial charge is 0.410 e. The van der Waals surface area contributed by atoms with Crippen LogP contribution >= 0.6 is 0 Å². The van der Waals surface area contributed by atoms with Crippen LogP contribution in [0.1, 0.15) is 64.9 Å². The molecule has 1 aromatic carbocycles. The number of carbonyl (C=O) groups excluding carboxylic acids is 1. The Hall–Kier alpha value is -2.16. The van der Waals surface area contributed by atoms with Crippen molar-refractivity contribution in [1.82, 2.24) is 9.80 Å². The second-order valence-electron chi connectivity index (χ2n) is 10.8. The highest BCUT2D eigenvalue weighted by molar-refractivity contribution is 5.68. The van der Waals surface area contributed by atoms with Crippen molar-refractivity contribution in [2.24, 2.45) is 5.92 Å². The number of halogens is 3. The van der Waals surface area contributed by atoms with Crippen LogP contribution in [-0.2, 0) is 4.74 Å². The topological polar surface area (TPSA) is 62.2 Å². The van der Waals surface area contributed by atoms with Crippen LogP contribution < -0.4 is 4.74 Å². The Morgan fingerprint density at radius 3 is 2.29 bits per heavy atom. The van der Waals surface area contributed by atoms with Gasteiger partial charge in [-0.05, 0) is 84.3 Å². The normalized spacial score (nSPS) is 23.1. The Morgan fingerprint density at radius 2 is 1.71 bits per heavy atom. The molecule has 1 heterocycles. The lowest BCUT2D eigenvalue weighted by molar-refractivity contribution is -0.190. The van der Waals surface area contributed by atoms with E-state index >= 15 is 0 Å². The van der Waals surface area contributed by atoms with Crippen molar-refractivity contribution < 1.29 is 32.5 Å². The van der Waals surface area contributed by atoms with Crippen LogP contribution in [0.2, 0.25) is 0 Å². The highest BCUT2D eigenvalue weighted by Gasteiger charge is 2.44. The molecule has 6 nitrogen and oxygen atoms in total. The Labute approximate surface area is 206 Å². The Kier molecular flexibility index (Phi) is 8.83. The Morgan fingerprint density at radius 1 is 1.09 bits per heavy atom. The van der Waals surface area contributed by atoms with Crippen LogP contribution in [0.3, 0.4) is 0 Å². The maximum atomic E-state index is 13.9. The molecular weight excluding hydrogens is 461 g/mol. The summed E-state index contributed by atoms with van der Waals surface area (Å²) in [7, 11) is 0. The Balaban J connectivity index is 1.46. The number of piperazine rings is 1. The van der Waals surface area contributed by atoms with Crippen molar-refractivity contribution in [1.29, 1.82) is 0 Å². The summed E-state index contributed by atoms with van der Waals surface area (Å²) in [5, 5.41) is 9.85. The van der Waals surface area contributed by atoms with E-state index in [1.165, 1.54) is 9.80 Å². The third-order valence-electron chi connectivity index (χ3n) is 6.98. The molecule has 0 radical (unpaired) electrons. The first-order valence-corrected chi connectivity index (χ1v) is 12.6.